The van der Waals surface area contributed by atoms with Gasteiger partial charge in [-0.25, -0.2) is 0 Å². The number of benzene rings is 1. The van der Waals surface area contributed by atoms with Crippen molar-refractivity contribution in [1.82, 2.24) is 10.4 Å². The lowest BCUT2D eigenvalue weighted by atomic mass is 10.1. The highest BCUT2D eigenvalue weighted by Gasteiger charge is 2.37. The molecular formula is C16H15N3O2S2. The van der Waals surface area contributed by atoms with Gasteiger partial charge in [0.05, 0.1) is 5.70 Å². The number of nitrogens with one attached hydrogen (secondary N) is 1. The van der Waals surface area contributed by atoms with Crippen molar-refractivity contribution in [3.05, 3.63) is 46.5 Å². The van der Waals surface area contributed by atoms with Crippen LogP contribution in [0.3, 0.4) is 0 Å². The van der Waals surface area contributed by atoms with Gasteiger partial charge in [0.15, 0.2) is 4.32 Å². The summed E-state index contributed by atoms with van der Waals surface area (Å²) in [7, 11) is 0. The van der Waals surface area contributed by atoms with Gasteiger partial charge in [0.1, 0.15) is 4.91 Å². The minimum atomic E-state index is -0.329. The van der Waals surface area contributed by atoms with Gasteiger partial charge in [-0.15, -0.1) is 0 Å². The van der Waals surface area contributed by atoms with Gasteiger partial charge in [-0.05, 0) is 36.8 Å². The molecule has 0 bridgehead atoms. The molecule has 0 saturated carbocycles. The van der Waals surface area contributed by atoms with Gasteiger partial charge in [-0.1, -0.05) is 36.0 Å². The Balaban J connectivity index is 2.04. The van der Waals surface area contributed by atoms with Crippen molar-refractivity contribution in [3.63, 3.8) is 0 Å². The number of fused-ring (bicyclic) bond motifs is 1. The number of thiocarbonyl (C=S) groups is 1. The lowest BCUT2D eigenvalue weighted by Crippen LogP contribution is -2.44. The van der Waals surface area contributed by atoms with E-state index in [1.807, 2.05) is 43.3 Å². The Morgan fingerprint density at radius 2 is 2.04 bits per heavy atom. The minimum absolute atomic E-state index is 0.298. The van der Waals surface area contributed by atoms with Crippen molar-refractivity contribution in [2.24, 2.45) is 0 Å². The highest BCUT2D eigenvalue weighted by Crippen LogP contribution is 2.38. The van der Waals surface area contributed by atoms with Crippen LogP contribution >= 0.6 is 24.0 Å². The number of likely N-dealkylation sites (N-methyl/N-ethyl adjacent to an activating group) is 1. The Morgan fingerprint density at radius 1 is 1.30 bits per heavy atom. The van der Waals surface area contributed by atoms with Crippen LogP contribution in [0.5, 0.6) is 0 Å². The molecule has 1 aromatic carbocycles. The van der Waals surface area contributed by atoms with Crippen molar-refractivity contribution < 1.29 is 9.59 Å². The van der Waals surface area contributed by atoms with E-state index in [1.165, 1.54) is 18.7 Å². The fourth-order valence-corrected chi connectivity index (χ4v) is 3.81. The van der Waals surface area contributed by atoms with Crippen molar-refractivity contribution in [2.75, 3.05) is 11.4 Å². The molecule has 118 valence electrons. The van der Waals surface area contributed by atoms with Crippen LogP contribution in [0.15, 0.2) is 40.9 Å². The van der Waals surface area contributed by atoms with Crippen LogP contribution in [0, 0.1) is 0 Å². The largest absolute Gasteiger partial charge is 0.340 e. The summed E-state index contributed by atoms with van der Waals surface area (Å²) in [6.07, 6.45) is 3.91. The summed E-state index contributed by atoms with van der Waals surface area (Å²) in [6.45, 7) is 4.10. The third kappa shape index (κ3) is 2.77. The van der Waals surface area contributed by atoms with Gasteiger partial charge in [-0.2, -0.15) is 5.01 Å². The maximum Gasteiger partial charge on any atom is 0.287 e. The lowest BCUT2D eigenvalue weighted by Gasteiger charge is -2.30. The first-order valence-corrected chi connectivity index (χ1v) is 8.37. The average molecular weight is 345 g/mol. The van der Waals surface area contributed by atoms with Crippen LogP contribution in [0.2, 0.25) is 0 Å². The molecule has 0 aliphatic carbocycles. The fraction of sp³-hybridized carbons (Fsp3) is 0.188. The quantitative estimate of drug-likeness (QED) is 0.660. The molecule has 0 radical (unpaired) electrons. The monoisotopic (exact) mass is 345 g/mol. The van der Waals surface area contributed by atoms with E-state index in [-0.39, 0.29) is 11.8 Å². The Hall–Kier alpha value is -2.12. The number of anilines is 1. The first kappa shape index (κ1) is 15.8. The summed E-state index contributed by atoms with van der Waals surface area (Å²) >= 11 is 6.42. The molecule has 1 N–H and O–H groups in total. The standard InChI is InChI=1S/C16H15N3O2S2/c1-3-18-12-7-5-4-6-11(12)8-9-13(18)14-15(21)19(16(22)23-14)17-10(2)20/h4-9H,3H2,1-2H3,(H,17,20). The van der Waals surface area contributed by atoms with Gasteiger partial charge in [-0.3, -0.25) is 15.0 Å². The number of amides is 2. The molecule has 2 aliphatic heterocycles. The van der Waals surface area contributed by atoms with Crippen molar-refractivity contribution >= 4 is 51.9 Å². The molecule has 3 rings (SSSR count). The molecule has 2 amide bonds. The summed E-state index contributed by atoms with van der Waals surface area (Å²) in [4.78, 5) is 26.5. The number of thioether (sulfide) groups is 1. The average Bonchev–Trinajstić information content (AvgIpc) is 2.81. The zero-order valence-electron chi connectivity index (χ0n) is 12.7. The van der Waals surface area contributed by atoms with Crippen LogP contribution < -0.4 is 10.3 Å². The SMILES string of the molecule is CCN1C(=C2SC(=S)N(NC(C)=O)C2=O)C=Cc2ccccc21. The highest BCUT2D eigenvalue weighted by atomic mass is 32.2. The second kappa shape index (κ2) is 6.17. The second-order valence-corrected chi connectivity index (χ2v) is 6.67. The van der Waals surface area contributed by atoms with Gasteiger partial charge in [0.25, 0.3) is 5.91 Å². The van der Waals surface area contributed by atoms with E-state index in [4.69, 9.17) is 12.2 Å². The molecule has 0 atom stereocenters. The third-order valence-electron chi connectivity index (χ3n) is 3.53. The van der Waals surface area contributed by atoms with Crippen molar-refractivity contribution in [2.45, 2.75) is 13.8 Å². The Morgan fingerprint density at radius 3 is 2.74 bits per heavy atom. The van der Waals surface area contributed by atoms with E-state index >= 15 is 0 Å². The number of hydrogen-bond donors (Lipinski definition) is 1. The van der Waals surface area contributed by atoms with E-state index in [9.17, 15) is 9.59 Å². The van der Waals surface area contributed by atoms with Gasteiger partial charge >= 0.3 is 0 Å². The Labute approximate surface area is 144 Å². The molecular weight excluding hydrogens is 330 g/mol. The number of carbonyl (C=O) groups excluding carboxylic acids is 2. The third-order valence-corrected chi connectivity index (χ3v) is 4.90. The number of rotatable bonds is 2. The molecule has 2 heterocycles. The van der Waals surface area contributed by atoms with E-state index in [0.29, 0.717) is 9.23 Å². The maximum absolute atomic E-state index is 12.6. The van der Waals surface area contributed by atoms with Gasteiger partial charge in [0.2, 0.25) is 5.91 Å². The predicted molar refractivity (Wildman–Crippen MR) is 96.4 cm³/mol. The second-order valence-electron chi connectivity index (χ2n) is 5.03. The smallest absolute Gasteiger partial charge is 0.287 e. The van der Waals surface area contributed by atoms with Crippen LogP contribution in [0.1, 0.15) is 19.4 Å². The molecule has 1 saturated heterocycles. The molecule has 1 aromatic rings. The highest BCUT2D eigenvalue weighted by molar-refractivity contribution is 8.26. The topological polar surface area (TPSA) is 52.6 Å². The van der Waals surface area contributed by atoms with Gasteiger partial charge in [0, 0.05) is 19.2 Å². The molecule has 5 nitrogen and oxygen atoms in total. The molecule has 0 aromatic heterocycles. The van der Waals surface area contributed by atoms with E-state index in [1.54, 1.807) is 0 Å². The summed E-state index contributed by atoms with van der Waals surface area (Å²) < 4.78 is 0.330. The Bertz CT molecular complexity index is 770. The molecule has 7 heteroatoms. The molecule has 2 aliphatic rings. The zero-order chi connectivity index (χ0) is 16.6. The van der Waals surface area contributed by atoms with Crippen LogP contribution in [-0.4, -0.2) is 27.7 Å². The fourth-order valence-electron chi connectivity index (χ4n) is 2.58. The zero-order valence-corrected chi connectivity index (χ0v) is 14.3. The van der Waals surface area contributed by atoms with Crippen LogP contribution in [0.25, 0.3) is 6.08 Å². The summed E-state index contributed by atoms with van der Waals surface area (Å²) in [6, 6.07) is 8.02. The van der Waals surface area contributed by atoms with Crippen molar-refractivity contribution in [3.8, 4) is 0 Å². The first-order valence-electron chi connectivity index (χ1n) is 7.15. The number of para-hydroxylation sites is 1. The van der Waals surface area contributed by atoms with E-state index in [0.717, 1.165) is 28.5 Å². The predicted octanol–water partition coefficient (Wildman–Crippen LogP) is 2.66. The number of hydrazine groups is 1. The van der Waals surface area contributed by atoms with Crippen molar-refractivity contribution in [1.29, 1.82) is 0 Å². The van der Waals surface area contributed by atoms with Gasteiger partial charge < -0.3 is 4.90 Å². The van der Waals surface area contributed by atoms with E-state index < -0.39 is 0 Å². The molecule has 1 fully saturated rings. The summed E-state index contributed by atoms with van der Waals surface area (Å²) in [5.74, 6) is -0.628. The summed E-state index contributed by atoms with van der Waals surface area (Å²) in [5.41, 5.74) is 5.43. The summed E-state index contributed by atoms with van der Waals surface area (Å²) in [5, 5.41) is 1.13. The number of allylic oxidation sites excluding steroid dienone is 1. The number of carbonyl (C=O) groups is 2. The molecule has 23 heavy (non-hydrogen) atoms. The molecule has 0 unspecified atom stereocenters. The normalized spacial score (nSPS) is 20.1. The van der Waals surface area contributed by atoms with Crippen LogP contribution in [-0.2, 0) is 9.59 Å². The number of hydrogen-bond acceptors (Lipinski definition) is 5. The van der Waals surface area contributed by atoms with E-state index in [2.05, 4.69) is 10.3 Å². The Kier molecular flexibility index (Phi) is 4.23. The first-order chi connectivity index (χ1) is 11.0. The molecule has 0 spiro atoms. The number of nitrogens with zero attached hydrogens (tertiary/aromatic N) is 2. The minimum Gasteiger partial charge on any atom is -0.340 e. The lowest BCUT2D eigenvalue weighted by molar-refractivity contribution is -0.132. The maximum atomic E-state index is 12.6. The van der Waals surface area contributed by atoms with Crippen LogP contribution in [0.4, 0.5) is 5.69 Å².